The standard InChI is InChI=1S/C16H23NO7.C12H17NO4/c1-14(2,3)24-13(21)17-16(7-6-8-16)10(18)9-11(19)22-15(4,5)23-12(9)20;1-11(2,3)17-10(16)13-9(15)7-8(14)12(13)5-4-6-12/h18H,6-8H2,1-5H3,(H,17,21);7,14H,4-6H2,1-3H3. The summed E-state index contributed by atoms with van der Waals surface area (Å²) < 4.78 is 20.3. The van der Waals surface area contributed by atoms with Crippen LogP contribution >= 0.6 is 0 Å². The van der Waals surface area contributed by atoms with Crippen molar-refractivity contribution >= 4 is 30.0 Å². The molecule has 13 nitrogen and oxygen atoms in total. The van der Waals surface area contributed by atoms with Gasteiger partial charge in [-0.2, -0.15) is 0 Å². The summed E-state index contributed by atoms with van der Waals surface area (Å²) in [6.07, 6.45) is 3.25. The average Bonchev–Trinajstić information content (AvgIpc) is 2.97. The van der Waals surface area contributed by atoms with Crippen molar-refractivity contribution in [2.45, 2.75) is 122 Å². The number of carbonyl (C=O) groups excluding carboxylic acids is 5. The van der Waals surface area contributed by atoms with Gasteiger partial charge in [-0.25, -0.2) is 24.1 Å². The molecule has 2 aliphatic heterocycles. The van der Waals surface area contributed by atoms with Crippen molar-refractivity contribution in [2.75, 3.05) is 0 Å². The number of aliphatic hydroxyl groups excluding tert-OH is 2. The Kier molecular flexibility index (Phi) is 8.18. The fourth-order valence-corrected chi connectivity index (χ4v) is 4.74. The minimum atomic E-state index is -1.40. The lowest BCUT2D eigenvalue weighted by molar-refractivity contribution is -0.223. The molecule has 0 atom stereocenters. The van der Waals surface area contributed by atoms with E-state index in [4.69, 9.17) is 18.9 Å². The van der Waals surface area contributed by atoms with E-state index >= 15 is 0 Å². The van der Waals surface area contributed by atoms with Gasteiger partial charge < -0.3 is 34.5 Å². The van der Waals surface area contributed by atoms with Crippen LogP contribution in [0, 0.1) is 0 Å². The molecule has 228 valence electrons. The fraction of sp³-hybridized carbons (Fsp3) is 0.679. The molecule has 0 aromatic carbocycles. The van der Waals surface area contributed by atoms with Gasteiger partial charge in [0.15, 0.2) is 5.57 Å². The second kappa shape index (κ2) is 10.6. The summed E-state index contributed by atoms with van der Waals surface area (Å²) in [4.78, 5) is 60.9. The van der Waals surface area contributed by atoms with E-state index in [-0.39, 0.29) is 5.76 Å². The van der Waals surface area contributed by atoms with Gasteiger partial charge >= 0.3 is 24.1 Å². The van der Waals surface area contributed by atoms with Gasteiger partial charge in [0.25, 0.3) is 11.7 Å². The summed E-state index contributed by atoms with van der Waals surface area (Å²) in [6.45, 7) is 13.2. The molecule has 0 aromatic rings. The molecule has 4 aliphatic rings. The van der Waals surface area contributed by atoms with Crippen molar-refractivity contribution in [3.05, 3.63) is 23.2 Å². The molecule has 13 heteroatoms. The summed E-state index contributed by atoms with van der Waals surface area (Å²) in [5, 5.41) is 22.8. The molecule has 2 saturated carbocycles. The molecule has 0 radical (unpaired) electrons. The molecule has 2 aliphatic carbocycles. The summed E-state index contributed by atoms with van der Waals surface area (Å²) in [5.74, 6) is -4.42. The first-order valence-corrected chi connectivity index (χ1v) is 13.5. The quantitative estimate of drug-likeness (QED) is 0.140. The Morgan fingerprint density at radius 1 is 0.902 bits per heavy atom. The van der Waals surface area contributed by atoms with E-state index in [2.05, 4.69) is 5.32 Å². The van der Waals surface area contributed by atoms with Gasteiger partial charge in [0, 0.05) is 19.9 Å². The van der Waals surface area contributed by atoms with Crippen molar-refractivity contribution in [2.24, 2.45) is 0 Å². The predicted octanol–water partition coefficient (Wildman–Crippen LogP) is 4.21. The molecule has 0 bridgehead atoms. The lowest BCUT2D eigenvalue weighted by atomic mass is 9.74. The first-order valence-electron chi connectivity index (χ1n) is 13.5. The summed E-state index contributed by atoms with van der Waals surface area (Å²) in [7, 11) is 0. The van der Waals surface area contributed by atoms with Crippen LogP contribution in [0.4, 0.5) is 9.59 Å². The number of imide groups is 1. The van der Waals surface area contributed by atoms with Crippen molar-refractivity contribution in [1.29, 1.82) is 0 Å². The third-order valence-electron chi connectivity index (χ3n) is 6.86. The first-order chi connectivity index (χ1) is 18.6. The van der Waals surface area contributed by atoms with Crippen LogP contribution in [0.2, 0.25) is 0 Å². The maximum absolute atomic E-state index is 12.1. The molecule has 1 saturated heterocycles. The van der Waals surface area contributed by atoms with Crippen LogP contribution < -0.4 is 5.32 Å². The molecule has 0 aromatic heterocycles. The van der Waals surface area contributed by atoms with Crippen molar-refractivity contribution < 1.29 is 53.1 Å². The number of amides is 3. The van der Waals surface area contributed by atoms with Gasteiger partial charge in [-0.15, -0.1) is 0 Å². The molecular formula is C28H40N2O11. The zero-order valence-electron chi connectivity index (χ0n) is 24.8. The fourth-order valence-electron chi connectivity index (χ4n) is 4.74. The van der Waals surface area contributed by atoms with Crippen molar-refractivity contribution in [3.63, 3.8) is 0 Å². The summed E-state index contributed by atoms with van der Waals surface area (Å²) in [5.41, 5.74) is -4.01. The van der Waals surface area contributed by atoms with Crippen LogP contribution in [0.15, 0.2) is 23.2 Å². The average molecular weight is 581 g/mol. The number of esters is 2. The van der Waals surface area contributed by atoms with Crippen LogP contribution in [0.1, 0.15) is 93.9 Å². The number of rotatable bonds is 2. The third kappa shape index (κ3) is 6.76. The number of hydrogen-bond donors (Lipinski definition) is 3. The Balaban J connectivity index is 0.000000239. The second-order valence-electron chi connectivity index (χ2n) is 13.0. The van der Waals surface area contributed by atoms with Crippen LogP contribution in [0.3, 0.4) is 0 Å². The molecule has 3 N–H and O–H groups in total. The van der Waals surface area contributed by atoms with Crippen LogP contribution in [0.25, 0.3) is 0 Å². The molecule has 0 unspecified atom stereocenters. The second-order valence-corrected chi connectivity index (χ2v) is 13.0. The highest BCUT2D eigenvalue weighted by Gasteiger charge is 2.56. The summed E-state index contributed by atoms with van der Waals surface area (Å²) in [6, 6.07) is 0. The van der Waals surface area contributed by atoms with E-state index in [9.17, 15) is 34.2 Å². The highest BCUT2D eigenvalue weighted by atomic mass is 16.7. The van der Waals surface area contributed by atoms with Gasteiger partial charge in [0.2, 0.25) is 0 Å². The number of carbonyl (C=O) groups is 5. The minimum Gasteiger partial charge on any atom is -0.510 e. The van der Waals surface area contributed by atoms with Crippen LogP contribution in [-0.4, -0.2) is 73.2 Å². The Morgan fingerprint density at radius 2 is 1.39 bits per heavy atom. The third-order valence-corrected chi connectivity index (χ3v) is 6.86. The van der Waals surface area contributed by atoms with Crippen LogP contribution in [-0.2, 0) is 33.3 Å². The maximum Gasteiger partial charge on any atom is 0.418 e. The van der Waals surface area contributed by atoms with E-state index in [1.165, 1.54) is 13.8 Å². The Morgan fingerprint density at radius 3 is 1.78 bits per heavy atom. The molecule has 3 fully saturated rings. The number of cyclic esters (lactones) is 2. The molecule has 41 heavy (non-hydrogen) atoms. The van der Waals surface area contributed by atoms with E-state index in [0.29, 0.717) is 32.1 Å². The highest BCUT2D eigenvalue weighted by Crippen LogP contribution is 2.46. The van der Waals surface area contributed by atoms with Gasteiger partial charge in [-0.05, 0) is 80.1 Å². The lowest BCUT2D eigenvalue weighted by Crippen LogP contribution is -2.57. The number of nitrogens with zero attached hydrogens (tertiary/aromatic N) is 1. The zero-order valence-corrected chi connectivity index (χ0v) is 24.8. The van der Waals surface area contributed by atoms with Crippen LogP contribution in [0.5, 0.6) is 0 Å². The zero-order chi connectivity index (χ0) is 31.2. The monoisotopic (exact) mass is 580 g/mol. The summed E-state index contributed by atoms with van der Waals surface area (Å²) >= 11 is 0. The van der Waals surface area contributed by atoms with Gasteiger partial charge in [0.05, 0.1) is 0 Å². The minimum absolute atomic E-state index is 0.0143. The number of aliphatic hydroxyl groups is 2. The van der Waals surface area contributed by atoms with Crippen molar-refractivity contribution in [3.8, 4) is 0 Å². The molecule has 4 rings (SSSR count). The largest absolute Gasteiger partial charge is 0.510 e. The van der Waals surface area contributed by atoms with E-state index < -0.39 is 69.4 Å². The topological polar surface area (TPSA) is 178 Å². The van der Waals surface area contributed by atoms with Gasteiger partial charge in [-0.1, -0.05) is 0 Å². The van der Waals surface area contributed by atoms with E-state index in [0.717, 1.165) is 17.4 Å². The van der Waals surface area contributed by atoms with E-state index in [1.807, 2.05) is 0 Å². The molecular weight excluding hydrogens is 540 g/mol. The van der Waals surface area contributed by atoms with E-state index in [1.54, 1.807) is 41.5 Å². The number of ether oxygens (including phenoxy) is 4. The molecule has 2 heterocycles. The number of nitrogens with one attached hydrogen (secondary N) is 1. The molecule has 1 spiro atoms. The smallest absolute Gasteiger partial charge is 0.418 e. The normalized spacial score (nSPS) is 22.1. The molecule has 3 amide bonds. The Hall–Kier alpha value is -3.77. The first kappa shape index (κ1) is 31.8. The maximum atomic E-state index is 12.1. The van der Waals surface area contributed by atoms with Gasteiger partial charge in [0.1, 0.15) is 33.8 Å². The lowest BCUT2D eigenvalue weighted by Gasteiger charge is -2.44. The van der Waals surface area contributed by atoms with Gasteiger partial charge in [-0.3, -0.25) is 4.79 Å². The SMILES string of the molecule is CC(C)(C)OC(=O)N1C(=O)C=C(O)C12CCC2.CC(C)(C)OC(=O)NC1(C(O)=C2C(=O)OC(C)(C)OC2=O)CCC1. The Bertz CT molecular complexity index is 1170. The highest BCUT2D eigenvalue weighted by molar-refractivity contribution is 6.16. The predicted molar refractivity (Wildman–Crippen MR) is 142 cm³/mol. The van der Waals surface area contributed by atoms with Crippen molar-refractivity contribution in [1.82, 2.24) is 10.2 Å². The number of alkyl carbamates (subject to hydrolysis) is 1. The number of hydrogen-bond acceptors (Lipinski definition) is 11. The Labute approximate surface area is 238 Å².